The van der Waals surface area contributed by atoms with Gasteiger partial charge in [0, 0.05) is 29.7 Å². The minimum atomic E-state index is 0.633. The largest absolute Gasteiger partial charge is 0.481 e. The fourth-order valence-electron chi connectivity index (χ4n) is 1.45. The molecule has 2 aromatic heterocycles. The topological polar surface area (TPSA) is 35.0 Å². The molecule has 0 spiro atoms. The number of ether oxygens (including phenoxy) is 1. The van der Waals surface area contributed by atoms with Crippen LogP contribution in [0.5, 0.6) is 5.88 Å². The van der Waals surface area contributed by atoms with Crippen LogP contribution in [-0.4, -0.2) is 17.1 Å². The van der Waals surface area contributed by atoms with Gasteiger partial charge in [-0.1, -0.05) is 6.07 Å². The van der Waals surface area contributed by atoms with E-state index in [4.69, 9.17) is 4.74 Å². The fourth-order valence-corrected chi connectivity index (χ4v) is 1.45. The molecule has 0 radical (unpaired) electrons. The molecule has 15 heavy (non-hydrogen) atoms. The Bertz CT molecular complexity index is 454. The molecule has 0 aliphatic carbocycles. The molecule has 0 unspecified atom stereocenters. The second-order valence-corrected chi connectivity index (χ2v) is 3.31. The van der Waals surface area contributed by atoms with Crippen LogP contribution in [0.3, 0.4) is 0 Å². The van der Waals surface area contributed by atoms with Gasteiger partial charge in [0.15, 0.2) is 0 Å². The molecule has 0 aliphatic rings. The molecule has 0 bridgehead atoms. The van der Waals surface area contributed by atoms with Gasteiger partial charge in [-0.25, -0.2) is 4.98 Å². The maximum absolute atomic E-state index is 5.22. The molecule has 0 aromatic carbocycles. The minimum absolute atomic E-state index is 0.633. The number of aromatic nitrogens is 2. The molecule has 0 atom stereocenters. The molecule has 0 saturated heterocycles. The van der Waals surface area contributed by atoms with Gasteiger partial charge in [0.1, 0.15) is 0 Å². The zero-order valence-corrected chi connectivity index (χ0v) is 8.77. The predicted octanol–water partition coefficient (Wildman–Crippen LogP) is 2.46. The number of nitrogens with zero attached hydrogens (tertiary/aromatic N) is 2. The van der Waals surface area contributed by atoms with E-state index >= 15 is 0 Å². The van der Waals surface area contributed by atoms with Crippen LogP contribution >= 0.6 is 0 Å². The van der Waals surface area contributed by atoms with Gasteiger partial charge in [-0.2, -0.15) is 0 Å². The Kier molecular flexibility index (Phi) is 2.63. The fraction of sp³-hybridized carbons (Fsp3) is 0.167. The van der Waals surface area contributed by atoms with Gasteiger partial charge in [0.25, 0.3) is 0 Å². The lowest BCUT2D eigenvalue weighted by molar-refractivity contribution is 0.399. The van der Waals surface area contributed by atoms with Crippen molar-refractivity contribution in [3.05, 3.63) is 42.4 Å². The summed E-state index contributed by atoms with van der Waals surface area (Å²) in [6.07, 6.45) is 5.34. The average molecular weight is 200 g/mol. The summed E-state index contributed by atoms with van der Waals surface area (Å²) in [4.78, 5) is 8.31. The van der Waals surface area contributed by atoms with Crippen LogP contribution in [0.1, 0.15) is 5.56 Å². The van der Waals surface area contributed by atoms with Crippen molar-refractivity contribution in [2.24, 2.45) is 0 Å². The first-order valence-corrected chi connectivity index (χ1v) is 4.72. The number of hydrogen-bond acceptors (Lipinski definition) is 3. The summed E-state index contributed by atoms with van der Waals surface area (Å²) >= 11 is 0. The summed E-state index contributed by atoms with van der Waals surface area (Å²) in [6, 6.07) is 5.94. The SMILES string of the molecule is COc1ncc(C)cc1-c1cccnc1. The van der Waals surface area contributed by atoms with Crippen LogP contribution in [0.4, 0.5) is 0 Å². The second kappa shape index (κ2) is 4.09. The van der Waals surface area contributed by atoms with Crippen LogP contribution in [0, 0.1) is 6.92 Å². The van der Waals surface area contributed by atoms with E-state index in [1.54, 1.807) is 25.7 Å². The summed E-state index contributed by atoms with van der Waals surface area (Å²) in [6.45, 7) is 2.01. The molecule has 0 N–H and O–H groups in total. The third-order valence-electron chi connectivity index (χ3n) is 2.15. The highest BCUT2D eigenvalue weighted by Crippen LogP contribution is 2.27. The smallest absolute Gasteiger partial charge is 0.221 e. The van der Waals surface area contributed by atoms with Gasteiger partial charge in [0.2, 0.25) is 5.88 Å². The van der Waals surface area contributed by atoms with Crippen LogP contribution < -0.4 is 4.74 Å². The lowest BCUT2D eigenvalue weighted by atomic mass is 10.1. The van der Waals surface area contributed by atoms with Crippen LogP contribution in [0.25, 0.3) is 11.1 Å². The van der Waals surface area contributed by atoms with E-state index in [0.717, 1.165) is 16.7 Å². The Labute approximate surface area is 88.8 Å². The van der Waals surface area contributed by atoms with Crippen molar-refractivity contribution >= 4 is 0 Å². The molecule has 0 fully saturated rings. The van der Waals surface area contributed by atoms with Gasteiger partial charge in [0.05, 0.1) is 7.11 Å². The number of aryl methyl sites for hydroxylation is 1. The van der Waals surface area contributed by atoms with Gasteiger partial charge in [-0.3, -0.25) is 4.98 Å². The highest BCUT2D eigenvalue weighted by molar-refractivity contribution is 5.68. The van der Waals surface area contributed by atoms with E-state index < -0.39 is 0 Å². The van der Waals surface area contributed by atoms with E-state index in [0.29, 0.717) is 5.88 Å². The zero-order chi connectivity index (χ0) is 10.7. The van der Waals surface area contributed by atoms with Crippen molar-refractivity contribution < 1.29 is 4.74 Å². The molecular formula is C12H12N2O. The Morgan fingerprint density at radius 3 is 2.80 bits per heavy atom. The van der Waals surface area contributed by atoms with Gasteiger partial charge < -0.3 is 4.74 Å². The highest BCUT2D eigenvalue weighted by Gasteiger charge is 2.06. The number of pyridine rings is 2. The zero-order valence-electron chi connectivity index (χ0n) is 8.77. The lowest BCUT2D eigenvalue weighted by Gasteiger charge is -2.07. The molecule has 3 nitrogen and oxygen atoms in total. The van der Waals surface area contributed by atoms with E-state index in [2.05, 4.69) is 9.97 Å². The van der Waals surface area contributed by atoms with Crippen molar-refractivity contribution in [1.82, 2.24) is 9.97 Å². The van der Waals surface area contributed by atoms with E-state index in [9.17, 15) is 0 Å². The van der Waals surface area contributed by atoms with Crippen LogP contribution in [0.15, 0.2) is 36.8 Å². The molecule has 0 amide bonds. The standard InChI is InChI=1S/C12H12N2O/c1-9-6-11(12(15-2)14-7-9)10-4-3-5-13-8-10/h3-8H,1-2H3. The van der Waals surface area contributed by atoms with Crippen molar-refractivity contribution in [3.63, 3.8) is 0 Å². The van der Waals surface area contributed by atoms with Crippen molar-refractivity contribution in [2.75, 3.05) is 7.11 Å². The molecular weight excluding hydrogens is 188 g/mol. The van der Waals surface area contributed by atoms with Crippen LogP contribution in [-0.2, 0) is 0 Å². The minimum Gasteiger partial charge on any atom is -0.481 e. The molecule has 76 valence electrons. The highest BCUT2D eigenvalue weighted by atomic mass is 16.5. The molecule has 2 aromatic rings. The van der Waals surface area contributed by atoms with Gasteiger partial charge in [-0.15, -0.1) is 0 Å². The first-order chi connectivity index (χ1) is 7.31. The summed E-state index contributed by atoms with van der Waals surface area (Å²) in [5.74, 6) is 0.633. The van der Waals surface area contributed by atoms with Crippen molar-refractivity contribution in [3.8, 4) is 17.0 Å². The Balaban J connectivity index is 2.56. The molecule has 2 rings (SSSR count). The average Bonchev–Trinajstić information content (AvgIpc) is 2.30. The summed E-state index contributed by atoms with van der Waals surface area (Å²) < 4.78 is 5.22. The number of methoxy groups -OCH3 is 1. The van der Waals surface area contributed by atoms with Gasteiger partial charge in [-0.05, 0) is 24.6 Å². The number of rotatable bonds is 2. The van der Waals surface area contributed by atoms with Crippen molar-refractivity contribution in [2.45, 2.75) is 6.92 Å². The van der Waals surface area contributed by atoms with Gasteiger partial charge >= 0.3 is 0 Å². The summed E-state index contributed by atoms with van der Waals surface area (Å²) in [7, 11) is 1.62. The van der Waals surface area contributed by atoms with Crippen molar-refractivity contribution in [1.29, 1.82) is 0 Å². The predicted molar refractivity (Wildman–Crippen MR) is 58.8 cm³/mol. The third-order valence-corrected chi connectivity index (χ3v) is 2.15. The monoisotopic (exact) mass is 200 g/mol. The summed E-state index contributed by atoms with van der Waals surface area (Å²) in [5.41, 5.74) is 3.10. The Morgan fingerprint density at radius 2 is 2.13 bits per heavy atom. The molecule has 0 aliphatic heterocycles. The summed E-state index contributed by atoms with van der Waals surface area (Å²) in [5, 5.41) is 0. The van der Waals surface area contributed by atoms with Crippen LogP contribution in [0.2, 0.25) is 0 Å². The third kappa shape index (κ3) is 1.96. The Hall–Kier alpha value is -1.90. The van der Waals surface area contributed by atoms with E-state index in [1.807, 2.05) is 25.1 Å². The maximum atomic E-state index is 5.22. The number of hydrogen-bond donors (Lipinski definition) is 0. The second-order valence-electron chi connectivity index (χ2n) is 3.31. The first-order valence-electron chi connectivity index (χ1n) is 4.72. The van der Waals surface area contributed by atoms with E-state index in [1.165, 1.54) is 0 Å². The Morgan fingerprint density at radius 1 is 1.27 bits per heavy atom. The first kappa shape index (κ1) is 9.65. The lowest BCUT2D eigenvalue weighted by Crippen LogP contribution is -1.92. The molecule has 2 heterocycles. The quantitative estimate of drug-likeness (QED) is 0.747. The molecule has 3 heteroatoms. The molecule has 0 saturated carbocycles. The maximum Gasteiger partial charge on any atom is 0.221 e. The normalized spacial score (nSPS) is 10.0. The van der Waals surface area contributed by atoms with E-state index in [-0.39, 0.29) is 0 Å².